The van der Waals surface area contributed by atoms with E-state index in [1.807, 2.05) is 73.5 Å². The summed E-state index contributed by atoms with van der Waals surface area (Å²) in [6.45, 7) is 7.00. The predicted molar refractivity (Wildman–Crippen MR) is 155 cm³/mol. The van der Waals surface area contributed by atoms with Crippen LogP contribution < -0.4 is 4.74 Å². The number of carbonyl (C=O) groups is 1. The molecule has 1 aliphatic rings. The van der Waals surface area contributed by atoms with Crippen LogP contribution in [0.1, 0.15) is 31.2 Å². The minimum atomic E-state index is -0.0410. The number of H-pyrrole nitrogens is 1. The van der Waals surface area contributed by atoms with Gasteiger partial charge in [-0.1, -0.05) is 50.2 Å². The van der Waals surface area contributed by atoms with Gasteiger partial charge in [0, 0.05) is 55.2 Å². The van der Waals surface area contributed by atoms with Gasteiger partial charge in [0.25, 0.3) is 5.91 Å². The SMILES string of the molecule is CC.COc1cc(-c2cnc3[nH]cc(-c4cnn(Cc5ccccc5)c4)c3c2)ccc1C(=O)N1CCOCC1.[HH]. The molecule has 6 rings (SSSR count). The number of aromatic nitrogens is 4. The van der Waals surface area contributed by atoms with Crippen molar-refractivity contribution in [3.8, 4) is 28.0 Å². The maximum absolute atomic E-state index is 13.1. The predicted octanol–water partition coefficient (Wildman–Crippen LogP) is 5.89. The Labute approximate surface area is 229 Å². The van der Waals surface area contributed by atoms with Crippen molar-refractivity contribution in [3.05, 3.63) is 90.5 Å². The number of nitrogens with one attached hydrogen (secondary N) is 1. The van der Waals surface area contributed by atoms with Gasteiger partial charge in [-0.05, 0) is 29.3 Å². The van der Waals surface area contributed by atoms with Gasteiger partial charge in [0.2, 0.25) is 0 Å². The van der Waals surface area contributed by atoms with Gasteiger partial charge in [-0.25, -0.2) is 4.98 Å². The normalized spacial score (nSPS) is 13.2. The standard InChI is InChI=1S/C29H27N5O3.C2H6.H2/c1-36-27-14-21(7-8-24(27)29(35)33-9-11-37-12-10-33)22-13-25-26(17-31-28(25)30-15-22)23-16-32-34(19-23)18-20-5-3-2-4-6-20;1-2;/h2-8,13-17,19H,9-12,18H2,1H3,(H,30,31);1-2H3;1H. The number of hydrogen-bond acceptors (Lipinski definition) is 5. The van der Waals surface area contributed by atoms with E-state index in [4.69, 9.17) is 9.47 Å². The van der Waals surface area contributed by atoms with Crippen LogP contribution in [-0.2, 0) is 11.3 Å². The highest BCUT2D eigenvalue weighted by molar-refractivity contribution is 5.99. The first-order chi connectivity index (χ1) is 19.2. The van der Waals surface area contributed by atoms with E-state index in [1.165, 1.54) is 5.56 Å². The maximum atomic E-state index is 13.1. The van der Waals surface area contributed by atoms with Gasteiger partial charge in [0.05, 0.1) is 38.6 Å². The molecule has 2 aromatic carbocycles. The van der Waals surface area contributed by atoms with Crippen molar-refractivity contribution >= 4 is 16.9 Å². The zero-order valence-electron chi connectivity index (χ0n) is 22.6. The number of fused-ring (bicyclic) bond motifs is 1. The largest absolute Gasteiger partial charge is 0.496 e. The molecule has 1 aliphatic heterocycles. The van der Waals surface area contributed by atoms with Crippen molar-refractivity contribution in [1.82, 2.24) is 24.6 Å². The van der Waals surface area contributed by atoms with Crippen LogP contribution in [0.5, 0.6) is 5.75 Å². The molecule has 39 heavy (non-hydrogen) atoms. The lowest BCUT2D eigenvalue weighted by Gasteiger charge is -2.27. The van der Waals surface area contributed by atoms with Crippen molar-refractivity contribution in [2.45, 2.75) is 20.4 Å². The molecular formula is C31H35N5O3. The Hall–Kier alpha value is -4.43. The third-order valence-corrected chi connectivity index (χ3v) is 6.73. The number of aromatic amines is 1. The summed E-state index contributed by atoms with van der Waals surface area (Å²) in [4.78, 5) is 22.8. The Morgan fingerprint density at radius 3 is 2.59 bits per heavy atom. The average Bonchev–Trinajstić information content (AvgIpc) is 3.65. The lowest BCUT2D eigenvalue weighted by molar-refractivity contribution is 0.0301. The molecule has 0 aliphatic carbocycles. The van der Waals surface area contributed by atoms with E-state index >= 15 is 0 Å². The molecule has 0 unspecified atom stereocenters. The van der Waals surface area contributed by atoms with E-state index in [0.29, 0.717) is 44.2 Å². The number of benzene rings is 2. The Balaban J connectivity index is 0.00000121. The van der Waals surface area contributed by atoms with Crippen LogP contribution >= 0.6 is 0 Å². The molecule has 8 nitrogen and oxygen atoms in total. The monoisotopic (exact) mass is 525 g/mol. The molecule has 0 radical (unpaired) electrons. The lowest BCUT2D eigenvalue weighted by Crippen LogP contribution is -2.40. The van der Waals surface area contributed by atoms with Crippen molar-refractivity contribution in [2.75, 3.05) is 33.4 Å². The van der Waals surface area contributed by atoms with Crippen molar-refractivity contribution in [2.24, 2.45) is 0 Å². The fourth-order valence-corrected chi connectivity index (χ4v) is 4.74. The molecule has 1 fully saturated rings. The highest BCUT2D eigenvalue weighted by Gasteiger charge is 2.22. The smallest absolute Gasteiger partial charge is 0.257 e. The van der Waals surface area contributed by atoms with E-state index in [1.54, 1.807) is 12.0 Å². The molecule has 1 amide bonds. The number of nitrogens with zero attached hydrogens (tertiary/aromatic N) is 4. The molecular weight excluding hydrogens is 490 g/mol. The summed E-state index contributed by atoms with van der Waals surface area (Å²) in [6, 6.07) is 18.1. The van der Waals surface area contributed by atoms with Crippen molar-refractivity contribution in [1.29, 1.82) is 0 Å². The molecule has 0 spiro atoms. The average molecular weight is 526 g/mol. The third kappa shape index (κ3) is 5.56. The van der Waals surface area contributed by atoms with Gasteiger partial charge in [0.1, 0.15) is 11.4 Å². The number of ether oxygens (including phenoxy) is 2. The van der Waals surface area contributed by atoms with Crippen LogP contribution in [0.15, 0.2) is 79.4 Å². The number of methoxy groups -OCH3 is 1. The zero-order valence-corrected chi connectivity index (χ0v) is 22.6. The molecule has 0 atom stereocenters. The molecule has 4 heterocycles. The minimum Gasteiger partial charge on any atom is -0.496 e. The third-order valence-electron chi connectivity index (χ3n) is 6.73. The Bertz CT molecular complexity index is 1560. The fourth-order valence-electron chi connectivity index (χ4n) is 4.74. The van der Waals surface area contributed by atoms with Crippen LogP contribution in [0, 0.1) is 0 Å². The first-order valence-electron chi connectivity index (χ1n) is 13.3. The summed E-state index contributed by atoms with van der Waals surface area (Å²) in [5, 5.41) is 5.57. The fraction of sp³-hybridized carbons (Fsp3) is 0.258. The molecule has 1 N–H and O–H groups in total. The van der Waals surface area contributed by atoms with Crippen LogP contribution in [0.3, 0.4) is 0 Å². The molecule has 8 heteroatoms. The van der Waals surface area contributed by atoms with Gasteiger partial charge in [-0.3, -0.25) is 9.48 Å². The quantitative estimate of drug-likeness (QED) is 0.299. The van der Waals surface area contributed by atoms with E-state index < -0.39 is 0 Å². The van der Waals surface area contributed by atoms with E-state index in [0.717, 1.165) is 33.3 Å². The summed E-state index contributed by atoms with van der Waals surface area (Å²) in [5.74, 6) is 0.506. The summed E-state index contributed by atoms with van der Waals surface area (Å²) >= 11 is 0. The van der Waals surface area contributed by atoms with E-state index in [-0.39, 0.29) is 7.33 Å². The van der Waals surface area contributed by atoms with Crippen LogP contribution in [0.4, 0.5) is 0 Å². The minimum absolute atomic E-state index is 0. The molecule has 202 valence electrons. The number of rotatable bonds is 6. The van der Waals surface area contributed by atoms with Gasteiger partial charge in [-0.2, -0.15) is 5.10 Å². The Kier molecular flexibility index (Phi) is 8.03. The molecule has 3 aromatic heterocycles. The number of hydrogen-bond donors (Lipinski definition) is 1. The van der Waals surface area contributed by atoms with Gasteiger partial charge in [-0.15, -0.1) is 0 Å². The summed E-state index contributed by atoms with van der Waals surface area (Å²) < 4.78 is 12.9. The highest BCUT2D eigenvalue weighted by Crippen LogP contribution is 2.33. The lowest BCUT2D eigenvalue weighted by atomic mass is 10.0. The van der Waals surface area contributed by atoms with Crippen LogP contribution in [0.25, 0.3) is 33.3 Å². The van der Waals surface area contributed by atoms with Crippen LogP contribution in [0.2, 0.25) is 0 Å². The topological polar surface area (TPSA) is 85.3 Å². The molecule has 0 bridgehead atoms. The molecule has 5 aromatic rings. The zero-order chi connectivity index (χ0) is 27.2. The van der Waals surface area contributed by atoms with Gasteiger partial charge < -0.3 is 19.4 Å². The van der Waals surface area contributed by atoms with Crippen LogP contribution in [-0.4, -0.2) is 64.0 Å². The summed E-state index contributed by atoms with van der Waals surface area (Å²) in [6.07, 6.45) is 7.74. The van der Waals surface area contributed by atoms with Gasteiger partial charge >= 0.3 is 0 Å². The summed E-state index contributed by atoms with van der Waals surface area (Å²) in [5.41, 5.74) is 6.48. The molecule has 1 saturated heterocycles. The van der Waals surface area contributed by atoms with Gasteiger partial charge in [0.15, 0.2) is 0 Å². The number of carbonyl (C=O) groups excluding carboxylic acids is 1. The number of morpholine rings is 1. The van der Waals surface area contributed by atoms with Crippen molar-refractivity contribution < 1.29 is 15.7 Å². The second kappa shape index (κ2) is 12.0. The Morgan fingerprint density at radius 1 is 1.03 bits per heavy atom. The second-order valence-electron chi connectivity index (χ2n) is 9.05. The first-order valence-corrected chi connectivity index (χ1v) is 13.3. The van der Waals surface area contributed by atoms with E-state index in [2.05, 4.69) is 39.5 Å². The first kappa shape index (κ1) is 26.2. The summed E-state index contributed by atoms with van der Waals surface area (Å²) in [7, 11) is 1.59. The number of amides is 1. The molecule has 0 saturated carbocycles. The maximum Gasteiger partial charge on any atom is 0.257 e. The van der Waals surface area contributed by atoms with Crippen molar-refractivity contribution in [3.63, 3.8) is 0 Å². The second-order valence-corrected chi connectivity index (χ2v) is 9.05. The Morgan fingerprint density at radius 2 is 1.82 bits per heavy atom. The van der Waals surface area contributed by atoms with E-state index in [9.17, 15) is 4.79 Å². The number of pyridine rings is 1. The highest BCUT2D eigenvalue weighted by atomic mass is 16.5.